The molecule has 3 aliphatic carbocycles. The van der Waals surface area contributed by atoms with Gasteiger partial charge in [0.15, 0.2) is 0 Å². The van der Waals surface area contributed by atoms with Gasteiger partial charge in [0.25, 0.3) is 5.91 Å². The van der Waals surface area contributed by atoms with Gasteiger partial charge in [-0.1, -0.05) is 36.5 Å². The van der Waals surface area contributed by atoms with Crippen molar-refractivity contribution in [1.82, 2.24) is 19.8 Å². The standard InChI is InChI=1S/C33H38N6O/c40-32(28-20-24(11-13-34-22-28)9-10-25-4-1-5-26-21-30(25)26)38-14-3-8-31-27(12-15-38)23-35-33(36-31)39-18-16-37(17-19-39)29-6-2-7-29/h1,4-5,13,20,22-23,26,29-30H,2-3,6-8,11-12,14-19,21H2. The Balaban J connectivity index is 0.991. The Bertz CT molecular complexity index is 1380. The normalized spacial score (nSPS) is 26.4. The number of fused-ring (bicyclic) bond motifs is 2. The zero-order valence-corrected chi connectivity index (χ0v) is 23.3. The summed E-state index contributed by atoms with van der Waals surface area (Å²) in [5.74, 6) is 8.90. The van der Waals surface area contributed by atoms with E-state index < -0.39 is 0 Å². The molecule has 1 aromatic heterocycles. The minimum absolute atomic E-state index is 0.0331. The van der Waals surface area contributed by atoms with Crippen LogP contribution in [0.15, 0.2) is 58.4 Å². The Labute approximate surface area is 237 Å². The van der Waals surface area contributed by atoms with Crippen molar-refractivity contribution in [2.24, 2.45) is 16.8 Å². The lowest BCUT2D eigenvalue weighted by atomic mass is 9.91. The van der Waals surface area contributed by atoms with Crippen molar-refractivity contribution in [2.75, 3.05) is 44.2 Å². The molecule has 1 saturated heterocycles. The number of rotatable bonds is 3. The lowest BCUT2D eigenvalue weighted by Crippen LogP contribution is -2.52. The van der Waals surface area contributed by atoms with Gasteiger partial charge in [-0.05, 0) is 62.0 Å². The van der Waals surface area contributed by atoms with Crippen LogP contribution >= 0.6 is 0 Å². The third-order valence-corrected chi connectivity index (χ3v) is 9.36. The van der Waals surface area contributed by atoms with Crippen LogP contribution in [0.25, 0.3) is 0 Å². The number of carbonyl (C=O) groups excluding carboxylic acids is 1. The smallest absolute Gasteiger partial charge is 0.255 e. The van der Waals surface area contributed by atoms with Crippen LogP contribution in [0.2, 0.25) is 0 Å². The van der Waals surface area contributed by atoms with E-state index in [1.807, 2.05) is 23.4 Å². The van der Waals surface area contributed by atoms with Crippen molar-refractivity contribution in [3.05, 3.63) is 64.7 Å². The minimum atomic E-state index is 0.0331. The van der Waals surface area contributed by atoms with Gasteiger partial charge in [-0.3, -0.25) is 14.7 Å². The molecule has 2 atom stereocenters. The van der Waals surface area contributed by atoms with Crippen molar-refractivity contribution in [2.45, 2.75) is 57.4 Å². The van der Waals surface area contributed by atoms with Gasteiger partial charge in [0.1, 0.15) is 0 Å². The highest BCUT2D eigenvalue weighted by molar-refractivity contribution is 5.97. The predicted octanol–water partition coefficient (Wildman–Crippen LogP) is 3.89. The summed E-state index contributed by atoms with van der Waals surface area (Å²) in [5.41, 5.74) is 5.10. The third kappa shape index (κ3) is 5.42. The molecule has 0 aromatic carbocycles. The number of aliphatic imine (C=N–C) groups is 1. The molecule has 7 rings (SSSR count). The summed E-state index contributed by atoms with van der Waals surface area (Å²) in [6, 6.07) is 0.808. The summed E-state index contributed by atoms with van der Waals surface area (Å²) < 4.78 is 0. The molecule has 0 bridgehead atoms. The second kappa shape index (κ2) is 11.2. The van der Waals surface area contributed by atoms with Crippen LogP contribution in [0.3, 0.4) is 0 Å². The second-order valence-corrected chi connectivity index (χ2v) is 11.9. The lowest BCUT2D eigenvalue weighted by molar-refractivity contribution is -0.126. The van der Waals surface area contributed by atoms with E-state index in [1.54, 1.807) is 6.20 Å². The average molecular weight is 535 g/mol. The SMILES string of the molecule is O=C(C1=CN=CCC(C#CC2=CC=CC3CC23)=C1)N1CCCc2nc(N3CCN(C4CCC4)CC3)ncc2CC1. The largest absolute Gasteiger partial charge is 0.338 e. The molecule has 6 aliphatic rings. The number of hydrogen-bond donors (Lipinski definition) is 0. The second-order valence-electron chi connectivity index (χ2n) is 11.9. The predicted molar refractivity (Wildman–Crippen MR) is 158 cm³/mol. The molecule has 3 fully saturated rings. The Morgan fingerprint density at radius 3 is 2.75 bits per heavy atom. The molecule has 0 spiro atoms. The molecular weight excluding hydrogens is 496 g/mol. The van der Waals surface area contributed by atoms with Crippen LogP contribution in [0.1, 0.15) is 49.8 Å². The number of amides is 1. The number of aryl methyl sites for hydroxylation is 1. The quantitative estimate of drug-likeness (QED) is 0.551. The van der Waals surface area contributed by atoms with Crippen LogP contribution in [-0.4, -0.2) is 77.2 Å². The van der Waals surface area contributed by atoms with Gasteiger partial charge in [-0.2, -0.15) is 0 Å². The highest BCUT2D eigenvalue weighted by Crippen LogP contribution is 2.47. The molecule has 206 valence electrons. The summed E-state index contributed by atoms with van der Waals surface area (Å²) in [5, 5.41) is 0. The average Bonchev–Trinajstić information content (AvgIpc) is 3.76. The van der Waals surface area contributed by atoms with Crippen molar-refractivity contribution in [1.29, 1.82) is 0 Å². The maximum atomic E-state index is 13.6. The molecule has 2 saturated carbocycles. The lowest BCUT2D eigenvalue weighted by Gasteiger charge is -2.43. The highest BCUT2D eigenvalue weighted by atomic mass is 16.2. The number of aromatic nitrogens is 2. The van der Waals surface area contributed by atoms with E-state index in [1.165, 1.54) is 31.3 Å². The van der Waals surface area contributed by atoms with Crippen LogP contribution in [0, 0.1) is 23.7 Å². The first-order valence-electron chi connectivity index (χ1n) is 15.2. The van der Waals surface area contributed by atoms with Crippen LogP contribution in [-0.2, 0) is 17.6 Å². The number of anilines is 1. The Morgan fingerprint density at radius 2 is 1.90 bits per heavy atom. The van der Waals surface area contributed by atoms with E-state index in [0.29, 0.717) is 30.4 Å². The van der Waals surface area contributed by atoms with Crippen molar-refractivity contribution in [3.63, 3.8) is 0 Å². The van der Waals surface area contributed by atoms with Gasteiger partial charge in [-0.15, -0.1) is 0 Å². The van der Waals surface area contributed by atoms with Crippen molar-refractivity contribution < 1.29 is 4.79 Å². The fourth-order valence-electron chi connectivity index (χ4n) is 6.51. The summed E-state index contributed by atoms with van der Waals surface area (Å²) in [6.45, 7) is 5.61. The van der Waals surface area contributed by atoms with E-state index in [9.17, 15) is 4.79 Å². The maximum Gasteiger partial charge on any atom is 0.255 e. The highest BCUT2D eigenvalue weighted by Gasteiger charge is 2.38. The molecule has 40 heavy (non-hydrogen) atoms. The van der Waals surface area contributed by atoms with Crippen molar-refractivity contribution in [3.8, 4) is 11.8 Å². The van der Waals surface area contributed by atoms with Crippen LogP contribution in [0.4, 0.5) is 5.95 Å². The zero-order valence-electron chi connectivity index (χ0n) is 23.3. The molecule has 7 nitrogen and oxygen atoms in total. The number of piperazine rings is 1. The topological polar surface area (TPSA) is 64.9 Å². The van der Waals surface area contributed by atoms with Gasteiger partial charge in [0, 0.05) is 87.2 Å². The summed E-state index contributed by atoms with van der Waals surface area (Å²) in [7, 11) is 0. The molecule has 4 heterocycles. The fourth-order valence-corrected chi connectivity index (χ4v) is 6.51. The van der Waals surface area contributed by atoms with Crippen LogP contribution < -0.4 is 4.90 Å². The minimum Gasteiger partial charge on any atom is -0.338 e. The van der Waals surface area contributed by atoms with E-state index >= 15 is 0 Å². The van der Waals surface area contributed by atoms with E-state index in [0.717, 1.165) is 80.8 Å². The first kappa shape index (κ1) is 25.5. The fraction of sp³-hybridized carbons (Fsp3) is 0.515. The summed E-state index contributed by atoms with van der Waals surface area (Å²) in [4.78, 5) is 34.7. The summed E-state index contributed by atoms with van der Waals surface area (Å²) >= 11 is 0. The molecule has 0 N–H and O–H groups in total. The Morgan fingerprint density at radius 1 is 1.00 bits per heavy atom. The first-order chi connectivity index (χ1) is 19.7. The number of nitrogens with zero attached hydrogens (tertiary/aromatic N) is 6. The maximum absolute atomic E-state index is 13.6. The number of carbonyl (C=O) groups is 1. The monoisotopic (exact) mass is 534 g/mol. The zero-order chi connectivity index (χ0) is 26.9. The van der Waals surface area contributed by atoms with Gasteiger partial charge in [-0.25, -0.2) is 9.97 Å². The van der Waals surface area contributed by atoms with Gasteiger partial charge in [0.2, 0.25) is 5.95 Å². The molecule has 1 amide bonds. The van der Waals surface area contributed by atoms with E-state index in [2.05, 4.69) is 44.9 Å². The first-order valence-corrected chi connectivity index (χ1v) is 15.2. The molecule has 3 aliphatic heterocycles. The third-order valence-electron chi connectivity index (χ3n) is 9.36. The molecule has 7 heteroatoms. The van der Waals surface area contributed by atoms with Crippen molar-refractivity contribution >= 4 is 18.1 Å². The number of hydrogen-bond acceptors (Lipinski definition) is 6. The molecular formula is C33H38N6O. The molecule has 1 aromatic rings. The Kier molecular flexibility index (Phi) is 7.11. The number of allylic oxidation sites excluding steroid dienone is 5. The molecule has 2 unspecified atom stereocenters. The van der Waals surface area contributed by atoms with Gasteiger partial charge in [0.05, 0.1) is 5.57 Å². The summed E-state index contributed by atoms with van der Waals surface area (Å²) in [6.07, 6.45) is 22.5. The van der Waals surface area contributed by atoms with Gasteiger partial charge >= 0.3 is 0 Å². The van der Waals surface area contributed by atoms with E-state index in [-0.39, 0.29) is 5.91 Å². The van der Waals surface area contributed by atoms with Crippen LogP contribution in [0.5, 0.6) is 0 Å². The Hall–Kier alpha value is -3.50. The van der Waals surface area contributed by atoms with E-state index in [4.69, 9.17) is 9.97 Å². The van der Waals surface area contributed by atoms with Gasteiger partial charge < -0.3 is 9.80 Å². The molecule has 0 radical (unpaired) electrons.